The highest BCUT2D eigenvalue weighted by atomic mass is 35.5. The second-order valence-electron chi connectivity index (χ2n) is 7.62. The third-order valence-electron chi connectivity index (χ3n) is 6.59. The molecule has 4 aliphatic carbocycles. The van der Waals surface area contributed by atoms with E-state index in [0.717, 1.165) is 17.3 Å². The molecule has 4 aliphatic rings. The molecule has 2 atom stereocenters. The van der Waals surface area contributed by atoms with Crippen LogP contribution in [0, 0.1) is 23.2 Å². The van der Waals surface area contributed by atoms with Gasteiger partial charge >= 0.3 is 0 Å². The molecular weight excluding hydrogens is 298 g/mol. The van der Waals surface area contributed by atoms with Crippen molar-refractivity contribution in [3.05, 3.63) is 35.9 Å². The highest BCUT2D eigenvalue weighted by molar-refractivity contribution is 7.80. The zero-order valence-corrected chi connectivity index (χ0v) is 13.8. The van der Waals surface area contributed by atoms with E-state index in [0.29, 0.717) is 23.2 Å². The van der Waals surface area contributed by atoms with Crippen LogP contribution < -0.4 is 5.73 Å². The monoisotopic (exact) mass is 319 g/mol. The van der Waals surface area contributed by atoms with Crippen LogP contribution >= 0.6 is 23.8 Å². The first-order valence-electron chi connectivity index (χ1n) is 8.00. The maximum Gasteiger partial charge on any atom is 0.0790 e. The van der Waals surface area contributed by atoms with Gasteiger partial charge in [-0.05, 0) is 60.8 Å². The van der Waals surface area contributed by atoms with Gasteiger partial charge in [-0.1, -0.05) is 42.5 Å². The number of thiocarbonyl (C=S) groups is 1. The van der Waals surface area contributed by atoms with Crippen LogP contribution in [-0.2, 0) is 5.41 Å². The molecule has 0 saturated heterocycles. The Morgan fingerprint density at radius 1 is 1.14 bits per heavy atom. The molecule has 0 heterocycles. The molecule has 112 valence electrons. The first-order valence-corrected chi connectivity index (χ1v) is 8.94. The van der Waals surface area contributed by atoms with Gasteiger partial charge in [0.15, 0.2) is 0 Å². The summed E-state index contributed by atoms with van der Waals surface area (Å²) in [6.45, 7) is 0. The molecule has 0 spiro atoms. The van der Waals surface area contributed by atoms with Crippen LogP contribution in [0.2, 0.25) is 0 Å². The quantitative estimate of drug-likeness (QED) is 0.665. The second kappa shape index (κ2) is 4.70. The summed E-state index contributed by atoms with van der Waals surface area (Å²) in [5, 5.41) is 0. The van der Waals surface area contributed by atoms with Crippen LogP contribution in [0.15, 0.2) is 30.3 Å². The van der Waals surface area contributed by atoms with Crippen LogP contribution in [0.4, 0.5) is 0 Å². The summed E-state index contributed by atoms with van der Waals surface area (Å²) in [7, 11) is 0. The topological polar surface area (TPSA) is 26.0 Å². The van der Waals surface area contributed by atoms with E-state index in [1.54, 1.807) is 0 Å². The van der Waals surface area contributed by atoms with Gasteiger partial charge in [-0.2, -0.15) is 0 Å². The Morgan fingerprint density at radius 2 is 1.76 bits per heavy atom. The Hall–Kier alpha value is -0.600. The van der Waals surface area contributed by atoms with Gasteiger partial charge in [0.05, 0.1) is 4.99 Å². The van der Waals surface area contributed by atoms with E-state index in [1.807, 2.05) is 0 Å². The fourth-order valence-electron chi connectivity index (χ4n) is 5.92. The highest BCUT2D eigenvalue weighted by Crippen LogP contribution is 2.67. The maximum absolute atomic E-state index is 6.30. The lowest BCUT2D eigenvalue weighted by molar-refractivity contribution is -0.0726. The number of benzene rings is 1. The summed E-state index contributed by atoms with van der Waals surface area (Å²) in [5.74, 6) is 2.87. The van der Waals surface area contributed by atoms with E-state index in [2.05, 4.69) is 30.3 Å². The molecule has 1 aromatic rings. The average Bonchev–Trinajstić information content (AvgIpc) is 2.47. The number of halogens is 1. The molecule has 0 amide bonds. The number of hydrogen-bond donors (Lipinski definition) is 1. The van der Waals surface area contributed by atoms with Gasteiger partial charge in [-0.25, -0.2) is 0 Å². The van der Waals surface area contributed by atoms with Crippen molar-refractivity contribution >= 4 is 28.8 Å². The third-order valence-corrected chi connectivity index (χ3v) is 7.38. The predicted molar refractivity (Wildman–Crippen MR) is 91.6 cm³/mol. The minimum Gasteiger partial charge on any atom is -0.393 e. The van der Waals surface area contributed by atoms with E-state index in [4.69, 9.17) is 29.6 Å². The SMILES string of the molecule is NC(=S)C12CC3CC(c4ccccc4)(CC(C1)C3CCl)C2. The number of hydrogen-bond acceptors (Lipinski definition) is 1. The molecule has 0 aliphatic heterocycles. The summed E-state index contributed by atoms with van der Waals surface area (Å²) < 4.78 is 0. The first-order chi connectivity index (χ1) is 10.1. The van der Waals surface area contributed by atoms with Crippen molar-refractivity contribution in [1.29, 1.82) is 0 Å². The number of nitrogens with two attached hydrogens (primary N) is 1. The lowest BCUT2D eigenvalue weighted by Crippen LogP contribution is -2.61. The minimum absolute atomic E-state index is 0.0968. The smallest absolute Gasteiger partial charge is 0.0790 e. The Labute approximate surface area is 137 Å². The normalized spacial score (nSPS) is 44.0. The molecule has 1 aromatic carbocycles. The molecule has 4 saturated carbocycles. The zero-order chi connectivity index (χ0) is 14.7. The van der Waals surface area contributed by atoms with Crippen molar-refractivity contribution in [3.8, 4) is 0 Å². The van der Waals surface area contributed by atoms with E-state index in [9.17, 15) is 0 Å². The van der Waals surface area contributed by atoms with Gasteiger partial charge in [0.25, 0.3) is 0 Å². The van der Waals surface area contributed by atoms with Crippen LogP contribution in [0.25, 0.3) is 0 Å². The fraction of sp³-hybridized carbons (Fsp3) is 0.611. The molecule has 4 bridgehead atoms. The molecule has 21 heavy (non-hydrogen) atoms. The molecule has 2 N–H and O–H groups in total. The third kappa shape index (κ3) is 1.91. The molecule has 4 fully saturated rings. The van der Waals surface area contributed by atoms with E-state index in [1.165, 1.54) is 31.2 Å². The lowest BCUT2D eigenvalue weighted by atomic mass is 9.40. The van der Waals surface area contributed by atoms with Crippen LogP contribution in [-0.4, -0.2) is 10.9 Å². The van der Waals surface area contributed by atoms with Gasteiger partial charge in [-0.15, -0.1) is 11.6 Å². The van der Waals surface area contributed by atoms with Crippen molar-refractivity contribution in [1.82, 2.24) is 0 Å². The molecule has 5 rings (SSSR count). The predicted octanol–water partition coefficient (Wildman–Crippen LogP) is 4.28. The maximum atomic E-state index is 6.30. The van der Waals surface area contributed by atoms with Crippen LogP contribution in [0.1, 0.15) is 37.7 Å². The molecule has 0 radical (unpaired) electrons. The number of rotatable bonds is 3. The molecule has 2 unspecified atom stereocenters. The van der Waals surface area contributed by atoms with Crippen LogP contribution in [0.3, 0.4) is 0 Å². The van der Waals surface area contributed by atoms with Crippen molar-refractivity contribution in [2.75, 3.05) is 5.88 Å². The molecule has 0 aromatic heterocycles. The first kappa shape index (κ1) is 14.0. The average molecular weight is 320 g/mol. The van der Waals surface area contributed by atoms with Gasteiger partial charge in [0.1, 0.15) is 0 Å². The minimum atomic E-state index is 0.0968. The summed E-state index contributed by atoms with van der Waals surface area (Å²) in [4.78, 5) is 0.755. The van der Waals surface area contributed by atoms with E-state index >= 15 is 0 Å². The molecular formula is C18H22ClNS. The fourth-order valence-corrected chi connectivity index (χ4v) is 6.66. The zero-order valence-electron chi connectivity index (χ0n) is 12.2. The highest BCUT2D eigenvalue weighted by Gasteiger charge is 2.62. The van der Waals surface area contributed by atoms with Crippen molar-refractivity contribution in [2.24, 2.45) is 28.9 Å². The van der Waals surface area contributed by atoms with Crippen molar-refractivity contribution < 1.29 is 0 Å². The Balaban J connectivity index is 1.80. The largest absolute Gasteiger partial charge is 0.393 e. The summed E-state index contributed by atoms with van der Waals surface area (Å²) in [6, 6.07) is 11.0. The van der Waals surface area contributed by atoms with Crippen molar-refractivity contribution in [3.63, 3.8) is 0 Å². The molecule has 1 nitrogen and oxygen atoms in total. The molecule has 3 heteroatoms. The lowest BCUT2D eigenvalue weighted by Gasteiger charge is -2.64. The van der Waals surface area contributed by atoms with Crippen LogP contribution in [0.5, 0.6) is 0 Å². The summed E-state index contributed by atoms with van der Waals surface area (Å²) in [5.41, 5.74) is 8.10. The van der Waals surface area contributed by atoms with Gasteiger partial charge in [0.2, 0.25) is 0 Å². The van der Waals surface area contributed by atoms with E-state index < -0.39 is 0 Å². The van der Waals surface area contributed by atoms with Crippen molar-refractivity contribution in [2.45, 2.75) is 37.5 Å². The Morgan fingerprint density at radius 3 is 2.29 bits per heavy atom. The summed E-state index contributed by atoms with van der Waals surface area (Å²) in [6.07, 6.45) is 6.04. The van der Waals surface area contributed by atoms with E-state index in [-0.39, 0.29) is 5.41 Å². The van der Waals surface area contributed by atoms with Gasteiger partial charge in [-0.3, -0.25) is 0 Å². The van der Waals surface area contributed by atoms with Gasteiger partial charge in [0, 0.05) is 11.3 Å². The summed E-state index contributed by atoms with van der Waals surface area (Å²) >= 11 is 11.8. The van der Waals surface area contributed by atoms with Gasteiger partial charge < -0.3 is 5.73 Å². The number of alkyl halides is 1. The second-order valence-corrected chi connectivity index (χ2v) is 8.37. The Kier molecular flexibility index (Phi) is 3.14. The Bertz CT molecular complexity index is 554. The standard InChI is InChI=1S/C18H22ClNS/c19-10-15-12-6-17(14-4-2-1-3-5-14)7-13(15)9-18(8-12,11-17)16(20)21/h1-5,12-13,15H,6-11H2,(H2,20,21).